The molecule has 0 saturated carbocycles. The Morgan fingerprint density at radius 2 is 1.73 bits per heavy atom. The molecule has 2 aliphatic rings. The number of piperidine rings is 2. The molecule has 0 aromatic rings. The third-order valence-electron chi connectivity index (χ3n) is 6.17. The predicted octanol–water partition coefficient (Wildman–Crippen LogP) is 1.60. The zero-order valence-corrected chi connectivity index (χ0v) is 20.0. The Labute approximate surface area is 195 Å². The number of amides is 3. The van der Waals surface area contributed by atoms with Gasteiger partial charge in [-0.05, 0) is 58.8 Å². The Morgan fingerprint density at radius 3 is 2.30 bits per heavy atom. The molecule has 2 fully saturated rings. The zero-order chi connectivity index (χ0) is 24.6. The highest BCUT2D eigenvalue weighted by molar-refractivity contribution is 5.82. The quantitative estimate of drug-likeness (QED) is 0.491. The monoisotopic (exact) mass is 469 g/mol. The SMILES string of the molecule is CC(C)(C)OC(=O)N1CCC(CCC(=O)N2CCC[C@@H](C(=O)N[C@H](CO)CC(=O)O)C2)CC1. The molecule has 3 N–H and O–H groups in total. The number of rotatable bonds is 8. The van der Waals surface area contributed by atoms with Gasteiger partial charge in [-0.25, -0.2) is 4.79 Å². The van der Waals surface area contributed by atoms with E-state index >= 15 is 0 Å². The molecule has 0 spiro atoms. The number of hydrogen-bond donors (Lipinski definition) is 3. The topological polar surface area (TPSA) is 136 Å². The lowest BCUT2D eigenvalue weighted by molar-refractivity contribution is -0.138. The van der Waals surface area contributed by atoms with Crippen LogP contribution in [0.1, 0.15) is 65.7 Å². The maximum Gasteiger partial charge on any atom is 0.410 e. The first-order chi connectivity index (χ1) is 15.5. The van der Waals surface area contributed by atoms with Crippen LogP contribution in [0.15, 0.2) is 0 Å². The van der Waals surface area contributed by atoms with Crippen LogP contribution in [0.2, 0.25) is 0 Å². The summed E-state index contributed by atoms with van der Waals surface area (Å²) in [4.78, 5) is 51.7. The van der Waals surface area contributed by atoms with Crippen LogP contribution < -0.4 is 5.32 Å². The first-order valence-corrected chi connectivity index (χ1v) is 11.9. The third-order valence-corrected chi connectivity index (χ3v) is 6.17. The summed E-state index contributed by atoms with van der Waals surface area (Å²) in [5.74, 6) is -1.42. The van der Waals surface area contributed by atoms with Crippen molar-refractivity contribution in [2.24, 2.45) is 11.8 Å². The number of nitrogens with zero attached hydrogens (tertiary/aromatic N) is 2. The summed E-state index contributed by atoms with van der Waals surface area (Å²) in [6.45, 7) is 7.27. The first-order valence-electron chi connectivity index (χ1n) is 11.9. The van der Waals surface area contributed by atoms with E-state index < -0.39 is 30.1 Å². The van der Waals surface area contributed by atoms with Crippen molar-refractivity contribution in [1.29, 1.82) is 0 Å². The van der Waals surface area contributed by atoms with Gasteiger partial charge in [0.25, 0.3) is 0 Å². The fourth-order valence-corrected chi connectivity index (χ4v) is 4.33. The van der Waals surface area contributed by atoms with Crippen molar-refractivity contribution in [2.75, 3.05) is 32.8 Å². The first kappa shape index (κ1) is 26.9. The summed E-state index contributed by atoms with van der Waals surface area (Å²) in [5, 5.41) is 20.7. The number of nitrogens with one attached hydrogen (secondary N) is 1. The highest BCUT2D eigenvalue weighted by atomic mass is 16.6. The Kier molecular flexibility index (Phi) is 9.94. The van der Waals surface area contributed by atoms with E-state index in [0.717, 1.165) is 19.3 Å². The summed E-state index contributed by atoms with van der Waals surface area (Å²) in [6, 6.07) is -0.826. The van der Waals surface area contributed by atoms with E-state index in [0.29, 0.717) is 51.4 Å². The molecule has 0 aliphatic carbocycles. The number of ether oxygens (including phenoxy) is 1. The summed E-state index contributed by atoms with van der Waals surface area (Å²) in [5.41, 5.74) is -0.515. The van der Waals surface area contributed by atoms with Gasteiger partial charge in [0, 0.05) is 32.6 Å². The van der Waals surface area contributed by atoms with Crippen molar-refractivity contribution in [2.45, 2.75) is 77.4 Å². The largest absolute Gasteiger partial charge is 0.481 e. The molecule has 10 nitrogen and oxygen atoms in total. The fourth-order valence-electron chi connectivity index (χ4n) is 4.33. The molecule has 2 aliphatic heterocycles. The Morgan fingerprint density at radius 1 is 1.06 bits per heavy atom. The number of carbonyl (C=O) groups excluding carboxylic acids is 3. The molecule has 33 heavy (non-hydrogen) atoms. The number of carbonyl (C=O) groups is 4. The predicted molar refractivity (Wildman–Crippen MR) is 120 cm³/mol. The van der Waals surface area contributed by atoms with Crippen LogP contribution in [-0.4, -0.2) is 88.3 Å². The third kappa shape index (κ3) is 9.19. The average Bonchev–Trinajstić information content (AvgIpc) is 2.75. The van der Waals surface area contributed by atoms with Gasteiger partial charge in [0.05, 0.1) is 25.0 Å². The molecule has 0 aromatic heterocycles. The summed E-state index contributed by atoms with van der Waals surface area (Å²) >= 11 is 0. The molecular weight excluding hydrogens is 430 g/mol. The average molecular weight is 470 g/mol. The Balaban J connectivity index is 1.74. The highest BCUT2D eigenvalue weighted by Crippen LogP contribution is 2.25. The van der Waals surface area contributed by atoms with Gasteiger partial charge in [-0.3, -0.25) is 14.4 Å². The molecule has 3 amide bonds. The van der Waals surface area contributed by atoms with E-state index in [1.54, 1.807) is 9.80 Å². The number of aliphatic carboxylic acids is 1. The minimum absolute atomic E-state index is 0.0197. The molecule has 2 rings (SSSR count). The van der Waals surface area contributed by atoms with Crippen molar-refractivity contribution in [3.8, 4) is 0 Å². The van der Waals surface area contributed by atoms with Crippen molar-refractivity contribution in [1.82, 2.24) is 15.1 Å². The van der Waals surface area contributed by atoms with Crippen molar-refractivity contribution < 1.29 is 34.1 Å². The lowest BCUT2D eigenvalue weighted by Gasteiger charge is -2.35. The van der Waals surface area contributed by atoms with E-state index in [9.17, 15) is 24.3 Å². The molecule has 0 radical (unpaired) electrons. The second-order valence-electron chi connectivity index (χ2n) is 10.1. The highest BCUT2D eigenvalue weighted by Gasteiger charge is 2.31. The van der Waals surface area contributed by atoms with Crippen molar-refractivity contribution in [3.63, 3.8) is 0 Å². The van der Waals surface area contributed by atoms with E-state index in [1.165, 1.54) is 0 Å². The molecule has 0 unspecified atom stereocenters. The van der Waals surface area contributed by atoms with E-state index in [4.69, 9.17) is 9.84 Å². The molecule has 2 atom stereocenters. The number of likely N-dealkylation sites (tertiary alicyclic amines) is 2. The van der Waals surface area contributed by atoms with Gasteiger partial charge in [-0.2, -0.15) is 0 Å². The lowest BCUT2D eigenvalue weighted by atomic mass is 9.91. The number of carboxylic acid groups (broad SMARTS) is 1. The summed E-state index contributed by atoms with van der Waals surface area (Å²) < 4.78 is 5.42. The van der Waals surface area contributed by atoms with E-state index in [2.05, 4.69) is 5.32 Å². The van der Waals surface area contributed by atoms with Crippen LogP contribution in [0.4, 0.5) is 4.79 Å². The summed E-state index contributed by atoms with van der Waals surface area (Å²) in [6.07, 6.45) is 3.53. The molecule has 188 valence electrons. The molecule has 2 heterocycles. The Bertz CT molecular complexity index is 699. The maximum absolute atomic E-state index is 12.8. The van der Waals surface area contributed by atoms with Crippen LogP contribution in [-0.2, 0) is 19.1 Å². The molecular formula is C23H39N3O7. The number of carboxylic acids is 1. The normalized spacial score (nSPS) is 20.8. The standard InChI is InChI=1S/C23H39N3O7/c1-23(2,3)33-22(32)25-11-8-16(9-12-25)6-7-19(28)26-10-4-5-17(14-26)21(31)24-18(15-27)13-20(29)30/h16-18,27H,4-15H2,1-3H3,(H,24,31)(H,29,30)/t17-,18+/m1/s1. The van der Waals surface area contributed by atoms with Crippen LogP contribution in [0.3, 0.4) is 0 Å². The van der Waals surface area contributed by atoms with E-state index in [1.807, 2.05) is 20.8 Å². The molecule has 0 bridgehead atoms. The second kappa shape index (κ2) is 12.2. The molecule has 0 aromatic carbocycles. The van der Waals surface area contributed by atoms with Gasteiger partial charge in [0.15, 0.2) is 0 Å². The lowest BCUT2D eigenvalue weighted by Crippen LogP contribution is -2.48. The fraction of sp³-hybridized carbons (Fsp3) is 0.826. The maximum atomic E-state index is 12.8. The second-order valence-corrected chi connectivity index (χ2v) is 10.1. The van der Waals surface area contributed by atoms with Gasteiger partial charge in [-0.15, -0.1) is 0 Å². The number of hydrogen-bond acceptors (Lipinski definition) is 6. The van der Waals surface area contributed by atoms with Crippen LogP contribution >= 0.6 is 0 Å². The smallest absolute Gasteiger partial charge is 0.410 e. The summed E-state index contributed by atoms with van der Waals surface area (Å²) in [7, 11) is 0. The van der Waals surface area contributed by atoms with Crippen molar-refractivity contribution >= 4 is 23.9 Å². The number of aliphatic hydroxyl groups is 1. The van der Waals surface area contributed by atoms with Gasteiger partial charge in [-0.1, -0.05) is 0 Å². The van der Waals surface area contributed by atoms with Crippen molar-refractivity contribution in [3.05, 3.63) is 0 Å². The van der Waals surface area contributed by atoms with Crippen LogP contribution in [0, 0.1) is 11.8 Å². The van der Waals surface area contributed by atoms with Gasteiger partial charge in [0.2, 0.25) is 11.8 Å². The Hall–Kier alpha value is -2.36. The minimum Gasteiger partial charge on any atom is -0.481 e. The van der Waals surface area contributed by atoms with Gasteiger partial charge in [0.1, 0.15) is 5.60 Å². The van der Waals surface area contributed by atoms with Crippen LogP contribution in [0.5, 0.6) is 0 Å². The van der Waals surface area contributed by atoms with Crippen LogP contribution in [0.25, 0.3) is 0 Å². The zero-order valence-electron chi connectivity index (χ0n) is 20.0. The molecule has 2 saturated heterocycles. The minimum atomic E-state index is -1.09. The van der Waals surface area contributed by atoms with Gasteiger partial charge < -0.3 is 30.1 Å². The van der Waals surface area contributed by atoms with Gasteiger partial charge >= 0.3 is 12.1 Å². The molecule has 10 heteroatoms. The number of aliphatic hydroxyl groups excluding tert-OH is 1. The van der Waals surface area contributed by atoms with E-state index in [-0.39, 0.29) is 24.3 Å².